The smallest absolute Gasteiger partial charge is 0.185 e. The van der Waals surface area contributed by atoms with Crippen molar-refractivity contribution >= 4 is 5.90 Å². The second kappa shape index (κ2) is 3.66. The van der Waals surface area contributed by atoms with Gasteiger partial charge in [-0.15, -0.1) is 0 Å². The first-order chi connectivity index (χ1) is 6.35. The summed E-state index contributed by atoms with van der Waals surface area (Å²) in [5.74, 6) is 0.874. The number of rotatable bonds is 0. The summed E-state index contributed by atoms with van der Waals surface area (Å²) in [6, 6.07) is 0. The van der Waals surface area contributed by atoms with Crippen LogP contribution in [0.2, 0.25) is 0 Å². The van der Waals surface area contributed by atoms with Gasteiger partial charge in [-0.1, -0.05) is 12.8 Å². The van der Waals surface area contributed by atoms with Crippen molar-refractivity contribution in [2.75, 3.05) is 20.3 Å². The number of ether oxygens (including phenoxy) is 2. The summed E-state index contributed by atoms with van der Waals surface area (Å²) in [5.41, 5.74) is 0.0713. The summed E-state index contributed by atoms with van der Waals surface area (Å²) in [4.78, 5) is 4.69. The molecule has 0 N–H and O–H groups in total. The van der Waals surface area contributed by atoms with E-state index in [1.54, 1.807) is 7.11 Å². The highest BCUT2D eigenvalue weighted by Gasteiger charge is 2.35. The van der Waals surface area contributed by atoms with Crippen LogP contribution in [0, 0.1) is 0 Å². The van der Waals surface area contributed by atoms with Crippen molar-refractivity contribution in [1.29, 1.82) is 0 Å². The van der Waals surface area contributed by atoms with Crippen molar-refractivity contribution in [2.45, 2.75) is 37.6 Å². The Morgan fingerprint density at radius 1 is 1.38 bits per heavy atom. The van der Waals surface area contributed by atoms with Crippen molar-refractivity contribution in [3.63, 3.8) is 0 Å². The van der Waals surface area contributed by atoms with Gasteiger partial charge in [0.05, 0.1) is 25.9 Å². The molecule has 0 atom stereocenters. The number of hydrogen-bond acceptors (Lipinski definition) is 3. The molecule has 2 aliphatic rings. The van der Waals surface area contributed by atoms with Gasteiger partial charge in [-0.05, 0) is 12.8 Å². The highest BCUT2D eigenvalue weighted by atomic mass is 16.5. The highest BCUT2D eigenvalue weighted by molar-refractivity contribution is 5.76. The number of hydrogen-bond donors (Lipinski definition) is 0. The standard InChI is InChI=1S/C10H17NO2/c1-12-9-4-7-13-8-10(11-9)5-2-3-6-10/h2-8H2,1H3. The maximum atomic E-state index is 5.57. The molecule has 0 aromatic carbocycles. The molecule has 2 rings (SSSR count). The largest absolute Gasteiger partial charge is 0.484 e. The van der Waals surface area contributed by atoms with Gasteiger partial charge in [0.25, 0.3) is 0 Å². The molecule has 0 radical (unpaired) electrons. The van der Waals surface area contributed by atoms with E-state index in [-0.39, 0.29) is 5.54 Å². The third-order valence-corrected chi connectivity index (χ3v) is 2.96. The van der Waals surface area contributed by atoms with E-state index in [0.717, 1.165) is 25.5 Å². The molecule has 13 heavy (non-hydrogen) atoms. The van der Waals surface area contributed by atoms with E-state index >= 15 is 0 Å². The first-order valence-corrected chi connectivity index (χ1v) is 5.05. The third kappa shape index (κ3) is 1.85. The molecular formula is C10H17NO2. The molecule has 0 bridgehead atoms. The fourth-order valence-electron chi connectivity index (χ4n) is 2.21. The van der Waals surface area contributed by atoms with Gasteiger partial charge in [0.2, 0.25) is 0 Å². The van der Waals surface area contributed by atoms with Crippen molar-refractivity contribution in [1.82, 2.24) is 0 Å². The van der Waals surface area contributed by atoms with E-state index in [0.29, 0.717) is 0 Å². The summed E-state index contributed by atoms with van der Waals surface area (Å²) in [7, 11) is 1.70. The Kier molecular flexibility index (Phi) is 2.54. The Labute approximate surface area is 79.1 Å². The van der Waals surface area contributed by atoms with E-state index in [1.165, 1.54) is 25.7 Å². The van der Waals surface area contributed by atoms with Crippen LogP contribution in [-0.4, -0.2) is 31.8 Å². The lowest BCUT2D eigenvalue weighted by Gasteiger charge is -2.22. The molecule has 0 saturated heterocycles. The van der Waals surface area contributed by atoms with Gasteiger partial charge in [-0.25, -0.2) is 4.99 Å². The minimum absolute atomic E-state index is 0.0713. The Morgan fingerprint density at radius 2 is 2.15 bits per heavy atom. The molecule has 3 nitrogen and oxygen atoms in total. The first kappa shape index (κ1) is 9.00. The van der Waals surface area contributed by atoms with Crippen LogP contribution in [0.3, 0.4) is 0 Å². The number of methoxy groups -OCH3 is 1. The van der Waals surface area contributed by atoms with Crippen molar-refractivity contribution in [3.05, 3.63) is 0 Å². The van der Waals surface area contributed by atoms with Crippen LogP contribution in [-0.2, 0) is 9.47 Å². The van der Waals surface area contributed by atoms with Gasteiger partial charge in [0, 0.05) is 6.42 Å². The zero-order chi connectivity index (χ0) is 9.15. The molecule has 1 aliphatic heterocycles. The Morgan fingerprint density at radius 3 is 2.85 bits per heavy atom. The molecule has 74 valence electrons. The molecule has 0 aromatic heterocycles. The average Bonchev–Trinajstić information content (AvgIpc) is 2.48. The lowest BCUT2D eigenvalue weighted by molar-refractivity contribution is 0.0994. The van der Waals surface area contributed by atoms with Gasteiger partial charge in [-0.2, -0.15) is 0 Å². The quantitative estimate of drug-likeness (QED) is 0.573. The predicted octanol–water partition coefficient (Wildman–Crippen LogP) is 1.76. The number of aliphatic imine (C=N–C) groups is 1. The first-order valence-electron chi connectivity index (χ1n) is 5.05. The Hall–Kier alpha value is -0.570. The SMILES string of the molecule is COC1=NC2(CCCC2)COCC1. The van der Waals surface area contributed by atoms with Crippen LogP contribution in [0.4, 0.5) is 0 Å². The lowest BCUT2D eigenvalue weighted by atomic mass is 10.0. The lowest BCUT2D eigenvalue weighted by Crippen LogP contribution is -2.28. The topological polar surface area (TPSA) is 30.8 Å². The molecule has 0 amide bonds. The number of nitrogens with zero attached hydrogens (tertiary/aromatic N) is 1. The van der Waals surface area contributed by atoms with Gasteiger partial charge in [0.15, 0.2) is 5.90 Å². The summed E-state index contributed by atoms with van der Waals surface area (Å²) in [5, 5.41) is 0. The molecule has 3 heteroatoms. The van der Waals surface area contributed by atoms with Crippen LogP contribution in [0.25, 0.3) is 0 Å². The molecule has 1 saturated carbocycles. The monoisotopic (exact) mass is 183 g/mol. The minimum Gasteiger partial charge on any atom is -0.484 e. The van der Waals surface area contributed by atoms with Gasteiger partial charge in [-0.3, -0.25) is 0 Å². The molecule has 1 fully saturated rings. The predicted molar refractivity (Wildman–Crippen MR) is 51.1 cm³/mol. The average molecular weight is 183 g/mol. The van der Waals surface area contributed by atoms with E-state index < -0.39 is 0 Å². The van der Waals surface area contributed by atoms with Crippen molar-refractivity contribution in [3.8, 4) is 0 Å². The van der Waals surface area contributed by atoms with Gasteiger partial charge in [0.1, 0.15) is 0 Å². The van der Waals surface area contributed by atoms with E-state index in [1.807, 2.05) is 0 Å². The van der Waals surface area contributed by atoms with Crippen LogP contribution in [0.5, 0.6) is 0 Å². The summed E-state index contributed by atoms with van der Waals surface area (Å²) < 4.78 is 10.8. The van der Waals surface area contributed by atoms with Crippen molar-refractivity contribution < 1.29 is 9.47 Å². The summed E-state index contributed by atoms with van der Waals surface area (Å²) >= 11 is 0. The Balaban J connectivity index is 2.15. The second-order valence-corrected chi connectivity index (χ2v) is 3.94. The Bertz CT molecular complexity index is 207. The molecular weight excluding hydrogens is 166 g/mol. The van der Waals surface area contributed by atoms with Crippen molar-refractivity contribution in [2.24, 2.45) is 4.99 Å². The fourth-order valence-corrected chi connectivity index (χ4v) is 2.21. The van der Waals surface area contributed by atoms with Crippen LogP contribution in [0.1, 0.15) is 32.1 Å². The minimum atomic E-state index is 0.0713. The van der Waals surface area contributed by atoms with E-state index in [2.05, 4.69) is 0 Å². The summed E-state index contributed by atoms with van der Waals surface area (Å²) in [6.45, 7) is 1.55. The van der Waals surface area contributed by atoms with Crippen LogP contribution in [0.15, 0.2) is 4.99 Å². The summed E-state index contributed by atoms with van der Waals surface area (Å²) in [6.07, 6.45) is 5.73. The van der Waals surface area contributed by atoms with E-state index in [4.69, 9.17) is 14.5 Å². The highest BCUT2D eigenvalue weighted by Crippen LogP contribution is 2.35. The van der Waals surface area contributed by atoms with E-state index in [9.17, 15) is 0 Å². The molecule has 1 aliphatic carbocycles. The molecule has 0 unspecified atom stereocenters. The zero-order valence-corrected chi connectivity index (χ0v) is 8.21. The molecule has 1 spiro atoms. The second-order valence-electron chi connectivity index (χ2n) is 3.94. The zero-order valence-electron chi connectivity index (χ0n) is 8.21. The van der Waals surface area contributed by atoms with Gasteiger partial charge >= 0.3 is 0 Å². The van der Waals surface area contributed by atoms with Crippen LogP contribution >= 0.6 is 0 Å². The maximum Gasteiger partial charge on any atom is 0.185 e. The maximum absolute atomic E-state index is 5.57. The normalized spacial score (nSPS) is 27.0. The third-order valence-electron chi connectivity index (χ3n) is 2.96. The van der Waals surface area contributed by atoms with Crippen LogP contribution < -0.4 is 0 Å². The molecule has 0 aromatic rings. The van der Waals surface area contributed by atoms with Gasteiger partial charge < -0.3 is 9.47 Å². The fraction of sp³-hybridized carbons (Fsp3) is 0.900. The molecule has 1 heterocycles.